The van der Waals surface area contributed by atoms with Gasteiger partial charge in [0.15, 0.2) is 0 Å². The molecule has 2 heteroatoms. The fourth-order valence-corrected chi connectivity index (χ4v) is 1.87. The van der Waals surface area contributed by atoms with Gasteiger partial charge >= 0.3 is 0 Å². The van der Waals surface area contributed by atoms with Gasteiger partial charge in [-0.3, -0.25) is 9.69 Å². The molecule has 0 N–H and O–H groups in total. The number of nitrogens with zero attached hydrogens (tertiary/aromatic N) is 1. The number of hydrogen-bond donors (Lipinski definition) is 0. The van der Waals surface area contributed by atoms with Crippen LogP contribution in [0.4, 0.5) is 0 Å². The minimum atomic E-state index is 0.218. The monoisotopic (exact) mass is 155 g/mol. The summed E-state index contributed by atoms with van der Waals surface area (Å²) in [5.74, 6) is 1.09. The highest BCUT2D eigenvalue weighted by atomic mass is 16.1. The fraction of sp³-hybridized carbons (Fsp3) is 0.889. The first-order valence-electron chi connectivity index (χ1n) is 4.38. The molecule has 1 rings (SSSR count). The molecule has 0 bridgehead atoms. The molecule has 0 aliphatic carbocycles. The largest absolute Gasteiger partial charge is 0.298 e. The lowest BCUT2D eigenvalue weighted by molar-refractivity contribution is -0.122. The molecule has 1 aliphatic rings. The summed E-state index contributed by atoms with van der Waals surface area (Å²) in [6.45, 7) is 5.23. The lowest BCUT2D eigenvalue weighted by Gasteiger charge is -2.16. The quantitative estimate of drug-likeness (QED) is 0.599. The number of ketones is 1. The summed E-state index contributed by atoms with van der Waals surface area (Å²) < 4.78 is 0. The molecule has 1 saturated heterocycles. The van der Waals surface area contributed by atoms with Crippen LogP contribution in [0.1, 0.15) is 26.7 Å². The second-order valence-corrected chi connectivity index (χ2v) is 3.62. The van der Waals surface area contributed by atoms with E-state index in [4.69, 9.17) is 0 Å². The van der Waals surface area contributed by atoms with Crippen LogP contribution in [-0.2, 0) is 4.79 Å². The number of likely N-dealkylation sites (tertiary alicyclic amines) is 1. The van der Waals surface area contributed by atoms with E-state index in [9.17, 15) is 4.79 Å². The number of likely N-dealkylation sites (N-methyl/N-ethyl adjacent to an activating group) is 1. The molecule has 1 aliphatic heterocycles. The van der Waals surface area contributed by atoms with Crippen molar-refractivity contribution in [2.45, 2.75) is 32.7 Å². The molecule has 64 valence electrons. The molecule has 1 heterocycles. The Labute approximate surface area is 68.6 Å². The Kier molecular flexibility index (Phi) is 2.66. The van der Waals surface area contributed by atoms with Gasteiger partial charge in [-0.1, -0.05) is 13.8 Å². The molecule has 0 aromatic carbocycles. The lowest BCUT2D eigenvalue weighted by Crippen LogP contribution is -2.32. The van der Waals surface area contributed by atoms with Crippen molar-refractivity contribution in [3.8, 4) is 0 Å². The summed E-state index contributed by atoms with van der Waals surface area (Å²) in [7, 11) is 2.04. The van der Waals surface area contributed by atoms with Crippen LogP contribution in [0, 0.1) is 5.92 Å². The van der Waals surface area contributed by atoms with E-state index in [0.29, 0.717) is 18.1 Å². The van der Waals surface area contributed by atoms with Gasteiger partial charge in [0.1, 0.15) is 5.78 Å². The lowest BCUT2D eigenvalue weighted by atomic mass is 10.0. The molecule has 0 aromatic rings. The molecule has 0 spiro atoms. The Morgan fingerprint density at radius 3 is 2.64 bits per heavy atom. The zero-order chi connectivity index (χ0) is 8.43. The normalized spacial score (nSPS) is 32.6. The van der Waals surface area contributed by atoms with Gasteiger partial charge in [0.2, 0.25) is 0 Å². The van der Waals surface area contributed by atoms with E-state index in [1.165, 1.54) is 0 Å². The highest BCUT2D eigenvalue weighted by Crippen LogP contribution is 2.21. The molecule has 1 fully saturated rings. The second-order valence-electron chi connectivity index (χ2n) is 3.62. The van der Waals surface area contributed by atoms with E-state index < -0.39 is 0 Å². The van der Waals surface area contributed by atoms with Gasteiger partial charge in [-0.05, 0) is 19.4 Å². The predicted octanol–water partition coefficient (Wildman–Crippen LogP) is 1.31. The van der Waals surface area contributed by atoms with E-state index >= 15 is 0 Å². The Bertz CT molecular complexity index is 156. The average Bonchev–Trinajstić information content (AvgIpc) is 2.28. The van der Waals surface area contributed by atoms with Gasteiger partial charge in [0.05, 0.1) is 6.04 Å². The first kappa shape index (κ1) is 8.72. The summed E-state index contributed by atoms with van der Waals surface area (Å²) in [4.78, 5) is 13.5. The van der Waals surface area contributed by atoms with Crippen LogP contribution in [0.2, 0.25) is 0 Å². The molecule has 2 atom stereocenters. The number of rotatable bonds is 2. The average molecular weight is 155 g/mol. The summed E-state index contributed by atoms with van der Waals surface area (Å²) in [6, 6.07) is 0.218. The minimum absolute atomic E-state index is 0.218. The smallest absolute Gasteiger partial charge is 0.149 e. The maximum atomic E-state index is 11.3. The van der Waals surface area contributed by atoms with Crippen LogP contribution in [-0.4, -0.2) is 30.3 Å². The maximum Gasteiger partial charge on any atom is 0.149 e. The van der Waals surface area contributed by atoms with Crippen LogP contribution >= 0.6 is 0 Å². The molecule has 0 amide bonds. The van der Waals surface area contributed by atoms with Crippen LogP contribution in [0.15, 0.2) is 0 Å². The third kappa shape index (κ3) is 1.80. The van der Waals surface area contributed by atoms with Crippen molar-refractivity contribution in [2.75, 3.05) is 13.6 Å². The van der Waals surface area contributed by atoms with Crippen molar-refractivity contribution in [3.63, 3.8) is 0 Å². The van der Waals surface area contributed by atoms with Crippen molar-refractivity contribution >= 4 is 5.78 Å². The Hall–Kier alpha value is -0.370. The molecule has 2 nitrogen and oxygen atoms in total. The number of hydrogen-bond acceptors (Lipinski definition) is 2. The van der Waals surface area contributed by atoms with E-state index in [1.807, 2.05) is 14.0 Å². The van der Waals surface area contributed by atoms with Crippen molar-refractivity contribution in [1.82, 2.24) is 4.90 Å². The van der Waals surface area contributed by atoms with Crippen molar-refractivity contribution < 1.29 is 4.79 Å². The standard InChI is InChI=1S/C9H17NO/c1-4-9(11)8-5-7(2)6-10(8)3/h7-8H,4-6H2,1-3H3/t7-,8+/m1/s1. The zero-order valence-electron chi connectivity index (χ0n) is 7.63. The first-order chi connectivity index (χ1) is 5.15. The van der Waals surface area contributed by atoms with Crippen LogP contribution in [0.3, 0.4) is 0 Å². The van der Waals surface area contributed by atoms with Crippen LogP contribution in [0.25, 0.3) is 0 Å². The van der Waals surface area contributed by atoms with Gasteiger partial charge in [-0.2, -0.15) is 0 Å². The van der Waals surface area contributed by atoms with Gasteiger partial charge in [0, 0.05) is 13.0 Å². The molecule has 11 heavy (non-hydrogen) atoms. The van der Waals surface area contributed by atoms with Gasteiger partial charge < -0.3 is 0 Å². The maximum absolute atomic E-state index is 11.3. The SMILES string of the molecule is CCC(=O)[C@@H]1C[C@@H](C)CN1C. The highest BCUT2D eigenvalue weighted by molar-refractivity contribution is 5.83. The number of carbonyl (C=O) groups is 1. The minimum Gasteiger partial charge on any atom is -0.298 e. The third-order valence-corrected chi connectivity index (χ3v) is 2.48. The highest BCUT2D eigenvalue weighted by Gasteiger charge is 2.30. The molecular weight excluding hydrogens is 138 g/mol. The van der Waals surface area contributed by atoms with Crippen molar-refractivity contribution in [3.05, 3.63) is 0 Å². The molecule has 0 aromatic heterocycles. The van der Waals surface area contributed by atoms with E-state index in [-0.39, 0.29) is 6.04 Å². The third-order valence-electron chi connectivity index (χ3n) is 2.48. The topological polar surface area (TPSA) is 20.3 Å². The molecule has 0 radical (unpaired) electrons. The van der Waals surface area contributed by atoms with Gasteiger partial charge in [-0.25, -0.2) is 0 Å². The molecule has 0 saturated carbocycles. The summed E-state index contributed by atoms with van der Waals surface area (Å²) in [5, 5.41) is 0. The molecule has 0 unspecified atom stereocenters. The van der Waals surface area contributed by atoms with Gasteiger partial charge in [-0.15, -0.1) is 0 Å². The van der Waals surface area contributed by atoms with E-state index in [1.54, 1.807) is 0 Å². The van der Waals surface area contributed by atoms with Crippen molar-refractivity contribution in [2.24, 2.45) is 5.92 Å². The van der Waals surface area contributed by atoms with E-state index in [2.05, 4.69) is 11.8 Å². The first-order valence-corrected chi connectivity index (χ1v) is 4.38. The summed E-state index contributed by atoms with van der Waals surface area (Å²) in [5.41, 5.74) is 0. The van der Waals surface area contributed by atoms with Crippen LogP contribution < -0.4 is 0 Å². The van der Waals surface area contributed by atoms with E-state index in [0.717, 1.165) is 13.0 Å². The predicted molar refractivity (Wildman–Crippen MR) is 45.5 cm³/mol. The number of Topliss-reactive ketones (excluding diaryl/α,β-unsaturated/α-hetero) is 1. The fourth-order valence-electron chi connectivity index (χ4n) is 1.87. The summed E-state index contributed by atoms with van der Waals surface area (Å²) in [6.07, 6.45) is 1.74. The Balaban J connectivity index is 2.52. The Morgan fingerprint density at radius 2 is 2.27 bits per heavy atom. The number of carbonyl (C=O) groups excluding carboxylic acids is 1. The zero-order valence-corrected chi connectivity index (χ0v) is 7.63. The summed E-state index contributed by atoms with van der Waals surface area (Å²) >= 11 is 0. The van der Waals surface area contributed by atoms with Crippen molar-refractivity contribution in [1.29, 1.82) is 0 Å². The van der Waals surface area contributed by atoms with Gasteiger partial charge in [0.25, 0.3) is 0 Å². The Morgan fingerprint density at radius 1 is 1.64 bits per heavy atom. The molecular formula is C9H17NO. The van der Waals surface area contributed by atoms with Crippen LogP contribution in [0.5, 0.6) is 0 Å². The second kappa shape index (κ2) is 3.35.